The first-order valence-corrected chi connectivity index (χ1v) is 7.52. The second-order valence-corrected chi connectivity index (χ2v) is 5.34. The Morgan fingerprint density at radius 2 is 1.81 bits per heavy atom. The zero-order valence-electron chi connectivity index (χ0n) is 14.4. The molecule has 1 aromatic rings. The maximum Gasteiger partial charge on any atom is 0.416 e. The molecule has 0 spiro atoms. The van der Waals surface area contributed by atoms with Gasteiger partial charge in [0.15, 0.2) is 0 Å². The summed E-state index contributed by atoms with van der Waals surface area (Å²) in [4.78, 5) is 46.1. The van der Waals surface area contributed by atoms with E-state index in [2.05, 4.69) is 21.3 Å². The molecule has 6 N–H and O–H groups in total. The molecule has 0 aliphatic carbocycles. The number of hydrogen-bond acceptors (Lipinski definition) is 4. The first kappa shape index (κ1) is 21.7. The van der Waals surface area contributed by atoms with Crippen LogP contribution in [0.25, 0.3) is 0 Å². The quantitative estimate of drug-likeness (QED) is 0.473. The van der Waals surface area contributed by atoms with Gasteiger partial charge in [0, 0.05) is 7.05 Å². The van der Waals surface area contributed by atoms with Crippen LogP contribution in [0.1, 0.15) is 22.8 Å². The van der Waals surface area contributed by atoms with E-state index in [1.54, 1.807) is 0 Å². The number of benzene rings is 1. The molecule has 148 valence electrons. The fourth-order valence-electron chi connectivity index (χ4n) is 1.82. The van der Waals surface area contributed by atoms with E-state index in [-0.39, 0.29) is 5.69 Å². The summed E-state index contributed by atoms with van der Waals surface area (Å²) in [5.41, 5.74) is 3.18. The number of nitrogens with one attached hydrogen (secondary N) is 4. The summed E-state index contributed by atoms with van der Waals surface area (Å²) < 4.78 is 38.7. The van der Waals surface area contributed by atoms with Crippen molar-refractivity contribution in [2.24, 2.45) is 5.73 Å². The first-order chi connectivity index (χ1) is 12.5. The molecule has 0 saturated heterocycles. The molecule has 0 aliphatic rings. The van der Waals surface area contributed by atoms with Crippen molar-refractivity contribution < 1.29 is 32.3 Å². The monoisotopic (exact) mass is 389 g/mol. The zero-order valence-corrected chi connectivity index (χ0v) is 14.4. The number of rotatable bonds is 6. The molecule has 1 aromatic carbocycles. The Kier molecular flexibility index (Phi) is 7.14. The van der Waals surface area contributed by atoms with Gasteiger partial charge >= 0.3 is 12.2 Å². The highest BCUT2D eigenvalue weighted by molar-refractivity contribution is 6.04. The molecule has 0 saturated carbocycles. The maximum absolute atomic E-state index is 12.9. The van der Waals surface area contributed by atoms with Crippen molar-refractivity contribution in [2.75, 3.05) is 18.9 Å². The Morgan fingerprint density at radius 3 is 2.33 bits per heavy atom. The van der Waals surface area contributed by atoms with Crippen LogP contribution in [-0.2, 0) is 15.8 Å². The second-order valence-electron chi connectivity index (χ2n) is 5.34. The number of urea groups is 1. The first-order valence-electron chi connectivity index (χ1n) is 7.52. The Bertz CT molecular complexity index is 751. The van der Waals surface area contributed by atoms with Gasteiger partial charge in [-0.3, -0.25) is 14.4 Å². The van der Waals surface area contributed by atoms with E-state index in [9.17, 15) is 32.3 Å². The van der Waals surface area contributed by atoms with E-state index in [0.717, 1.165) is 6.07 Å². The molecule has 0 radical (unpaired) electrons. The van der Waals surface area contributed by atoms with Crippen molar-refractivity contribution in [3.8, 4) is 0 Å². The molecule has 1 rings (SSSR count). The van der Waals surface area contributed by atoms with Crippen LogP contribution in [0.3, 0.4) is 0 Å². The minimum atomic E-state index is -4.71. The van der Waals surface area contributed by atoms with Crippen LogP contribution >= 0.6 is 0 Å². The van der Waals surface area contributed by atoms with Gasteiger partial charge in [0.25, 0.3) is 5.91 Å². The highest BCUT2D eigenvalue weighted by atomic mass is 19.4. The highest BCUT2D eigenvalue weighted by Gasteiger charge is 2.32. The van der Waals surface area contributed by atoms with Crippen molar-refractivity contribution >= 4 is 29.4 Å². The van der Waals surface area contributed by atoms with E-state index in [4.69, 9.17) is 5.73 Å². The third-order valence-corrected chi connectivity index (χ3v) is 3.28. The third kappa shape index (κ3) is 6.49. The van der Waals surface area contributed by atoms with Gasteiger partial charge < -0.3 is 27.0 Å². The highest BCUT2D eigenvalue weighted by Crippen LogP contribution is 2.31. The van der Waals surface area contributed by atoms with E-state index in [1.165, 1.54) is 14.0 Å². The van der Waals surface area contributed by atoms with Gasteiger partial charge in [0.05, 0.1) is 23.4 Å². The average Bonchev–Trinajstić information content (AvgIpc) is 2.58. The third-order valence-electron chi connectivity index (χ3n) is 3.28. The van der Waals surface area contributed by atoms with Gasteiger partial charge in [0.1, 0.15) is 6.04 Å². The lowest BCUT2D eigenvalue weighted by atomic mass is 10.1. The van der Waals surface area contributed by atoms with Gasteiger partial charge in [0.2, 0.25) is 11.8 Å². The number of anilines is 1. The standard InChI is InChI=1S/C15H18F3N5O4/c1-7(12(19)25)22-11(24)6-21-13(26)9-5-8(15(16,17)18)3-4-10(9)23-14(27)20-2/h3-5,7H,6H2,1-2H3,(H2,19,25)(H,21,26)(H,22,24)(H2,20,23,27). The van der Waals surface area contributed by atoms with Gasteiger partial charge in [-0.1, -0.05) is 0 Å². The van der Waals surface area contributed by atoms with Crippen molar-refractivity contribution in [1.29, 1.82) is 0 Å². The van der Waals surface area contributed by atoms with Crippen LogP contribution in [0.4, 0.5) is 23.7 Å². The summed E-state index contributed by atoms with van der Waals surface area (Å²) in [6, 6.07) is 0.418. The lowest BCUT2D eigenvalue weighted by Gasteiger charge is -2.15. The van der Waals surface area contributed by atoms with Crippen molar-refractivity contribution in [2.45, 2.75) is 19.1 Å². The number of primary amides is 1. The van der Waals surface area contributed by atoms with Gasteiger partial charge in [-0.15, -0.1) is 0 Å². The minimum Gasteiger partial charge on any atom is -0.368 e. The minimum absolute atomic E-state index is 0.189. The van der Waals surface area contributed by atoms with Crippen LogP contribution in [0, 0.1) is 0 Å². The van der Waals surface area contributed by atoms with Gasteiger partial charge in [-0.2, -0.15) is 13.2 Å². The predicted octanol–water partition coefficient (Wildman–Crippen LogP) is 0.177. The molecule has 0 bridgehead atoms. The molecule has 0 heterocycles. The molecule has 0 fully saturated rings. The molecule has 12 heteroatoms. The molecular weight excluding hydrogens is 371 g/mol. The van der Waals surface area contributed by atoms with Crippen molar-refractivity contribution in [1.82, 2.24) is 16.0 Å². The van der Waals surface area contributed by atoms with Crippen LogP contribution in [-0.4, -0.2) is 43.4 Å². The zero-order chi connectivity index (χ0) is 20.8. The normalized spacial score (nSPS) is 11.9. The summed E-state index contributed by atoms with van der Waals surface area (Å²) in [5, 5.41) is 8.71. The lowest BCUT2D eigenvalue weighted by molar-refractivity contribution is -0.137. The molecule has 1 unspecified atom stereocenters. The fraction of sp³-hybridized carbons (Fsp3) is 0.333. The summed E-state index contributed by atoms with van der Waals surface area (Å²) in [6.45, 7) is 0.701. The van der Waals surface area contributed by atoms with Gasteiger partial charge in [-0.05, 0) is 25.1 Å². The SMILES string of the molecule is CNC(=O)Nc1ccc(C(F)(F)F)cc1C(=O)NCC(=O)NC(C)C(N)=O. The Balaban J connectivity index is 2.99. The number of carbonyl (C=O) groups excluding carboxylic acids is 4. The topological polar surface area (TPSA) is 142 Å². The maximum atomic E-state index is 12.9. The summed E-state index contributed by atoms with van der Waals surface area (Å²) in [7, 11) is 1.28. The number of nitrogens with two attached hydrogens (primary N) is 1. The van der Waals surface area contributed by atoms with Crippen LogP contribution in [0.5, 0.6) is 0 Å². The van der Waals surface area contributed by atoms with E-state index >= 15 is 0 Å². The van der Waals surface area contributed by atoms with E-state index < -0.39 is 53.6 Å². The Morgan fingerprint density at radius 1 is 1.19 bits per heavy atom. The number of alkyl halides is 3. The molecule has 27 heavy (non-hydrogen) atoms. The second kappa shape index (κ2) is 8.87. The van der Waals surface area contributed by atoms with E-state index in [0.29, 0.717) is 12.1 Å². The van der Waals surface area contributed by atoms with Crippen LogP contribution in [0.2, 0.25) is 0 Å². The molecule has 5 amide bonds. The number of amides is 5. The number of hydrogen-bond donors (Lipinski definition) is 5. The Labute approximate surface area is 151 Å². The smallest absolute Gasteiger partial charge is 0.368 e. The lowest BCUT2D eigenvalue weighted by Crippen LogP contribution is -2.46. The molecule has 0 aliphatic heterocycles. The molecular formula is C15H18F3N5O4. The number of halogens is 3. The summed E-state index contributed by atoms with van der Waals surface area (Å²) in [5.74, 6) is -2.61. The van der Waals surface area contributed by atoms with Crippen molar-refractivity contribution in [3.05, 3.63) is 29.3 Å². The Hall–Kier alpha value is -3.31. The summed E-state index contributed by atoms with van der Waals surface area (Å²) in [6.07, 6.45) is -4.71. The van der Waals surface area contributed by atoms with Gasteiger partial charge in [-0.25, -0.2) is 4.79 Å². The predicted molar refractivity (Wildman–Crippen MR) is 88.7 cm³/mol. The van der Waals surface area contributed by atoms with Crippen molar-refractivity contribution in [3.63, 3.8) is 0 Å². The average molecular weight is 389 g/mol. The summed E-state index contributed by atoms with van der Waals surface area (Å²) >= 11 is 0. The number of carbonyl (C=O) groups is 4. The molecule has 9 nitrogen and oxygen atoms in total. The van der Waals surface area contributed by atoms with E-state index in [1.807, 2.05) is 0 Å². The van der Waals surface area contributed by atoms with Crippen LogP contribution < -0.4 is 27.0 Å². The fourth-order valence-corrected chi connectivity index (χ4v) is 1.82. The molecule has 0 aromatic heterocycles. The molecule has 1 atom stereocenters. The largest absolute Gasteiger partial charge is 0.416 e. The van der Waals surface area contributed by atoms with Crippen LogP contribution in [0.15, 0.2) is 18.2 Å².